The van der Waals surface area contributed by atoms with Gasteiger partial charge in [0.05, 0.1) is 0 Å². The van der Waals surface area contributed by atoms with Gasteiger partial charge in [0.2, 0.25) is 0 Å². The molecule has 0 unspecified atom stereocenters. The van der Waals surface area contributed by atoms with E-state index in [4.69, 9.17) is 0 Å². The first-order valence-corrected chi connectivity index (χ1v) is 7.55. The van der Waals surface area contributed by atoms with Gasteiger partial charge in [-0.3, -0.25) is 0 Å². The second-order valence-electron chi connectivity index (χ2n) is 4.52. The maximum Gasteiger partial charge on any atom is 0.127 e. The molecule has 2 aromatic rings. The van der Waals surface area contributed by atoms with Crippen LogP contribution < -0.4 is 10.1 Å². The summed E-state index contributed by atoms with van der Waals surface area (Å²) >= 11 is 0. The first-order chi connectivity index (χ1) is 9.85. The van der Waals surface area contributed by atoms with Crippen molar-refractivity contribution in [2.75, 3.05) is 4.90 Å². The predicted molar refractivity (Wildman–Crippen MR) is 87.8 cm³/mol. The van der Waals surface area contributed by atoms with Crippen molar-refractivity contribution < 1.29 is 0 Å². The monoisotopic (exact) mass is 273 g/mol. The van der Waals surface area contributed by atoms with Crippen molar-refractivity contribution in [3.8, 4) is 0 Å². The zero-order valence-corrected chi connectivity index (χ0v) is 12.2. The minimum Gasteiger partial charge on any atom is -0.311 e. The van der Waals surface area contributed by atoms with Crippen LogP contribution in [-0.2, 0) is 0 Å². The molecule has 3 rings (SSSR count). The summed E-state index contributed by atoms with van der Waals surface area (Å²) in [6, 6.07) is 18.9. The number of rotatable bonds is 3. The number of anilines is 2. The van der Waals surface area contributed by atoms with Crippen LogP contribution in [0.25, 0.3) is 0 Å². The quantitative estimate of drug-likeness (QED) is 0.770. The van der Waals surface area contributed by atoms with E-state index in [-0.39, 0.29) is 0 Å². The second kappa shape index (κ2) is 5.35. The lowest BCUT2D eigenvalue weighted by atomic mass is 10.2. The van der Waals surface area contributed by atoms with Gasteiger partial charge in [-0.1, -0.05) is 55.6 Å². The highest BCUT2D eigenvalue weighted by Crippen LogP contribution is 2.33. The second-order valence-corrected chi connectivity index (χ2v) is 5.85. The van der Waals surface area contributed by atoms with Crippen LogP contribution in [-0.4, -0.2) is 9.52 Å². The molecular formula is C18H15NSi. The zero-order valence-electron chi connectivity index (χ0n) is 11.2. The van der Waals surface area contributed by atoms with E-state index in [9.17, 15) is 0 Å². The molecule has 1 aliphatic rings. The molecule has 96 valence electrons. The fourth-order valence-electron chi connectivity index (χ4n) is 2.45. The van der Waals surface area contributed by atoms with Crippen LogP contribution in [0.15, 0.2) is 90.8 Å². The molecule has 0 spiro atoms. The maximum atomic E-state index is 3.99. The van der Waals surface area contributed by atoms with Gasteiger partial charge in [-0.15, -0.1) is 0 Å². The Kier molecular flexibility index (Phi) is 3.40. The zero-order chi connectivity index (χ0) is 13.9. The third kappa shape index (κ3) is 2.04. The van der Waals surface area contributed by atoms with Gasteiger partial charge in [0.1, 0.15) is 9.52 Å². The normalized spacial score (nSPS) is 13.9. The van der Waals surface area contributed by atoms with Crippen molar-refractivity contribution in [3.63, 3.8) is 0 Å². The molecule has 0 saturated heterocycles. The Morgan fingerprint density at radius 3 is 2.25 bits per heavy atom. The number of fused-ring (bicyclic) bond motifs is 1. The standard InChI is InChI=1S/C18H15NSi/c1-3-15-17(4-2)20-18-13-9-8-12-16(18)19(15)14-10-6-5-7-11-14/h3-13H,1-2H2. The lowest BCUT2D eigenvalue weighted by molar-refractivity contribution is 1.20. The summed E-state index contributed by atoms with van der Waals surface area (Å²) in [6.07, 6.45) is 3.87. The molecule has 0 bridgehead atoms. The number of allylic oxidation sites excluding steroid dienone is 3. The number of nitrogens with zero attached hydrogens (tertiary/aromatic N) is 1. The van der Waals surface area contributed by atoms with Gasteiger partial charge in [-0.2, -0.15) is 0 Å². The SMILES string of the molecule is C=CC1=C(C=C)N(c2ccccc2)c2ccccc2[Si]1. The van der Waals surface area contributed by atoms with Crippen molar-refractivity contribution >= 4 is 26.1 Å². The molecular weight excluding hydrogens is 258 g/mol. The van der Waals surface area contributed by atoms with Crippen molar-refractivity contribution in [1.29, 1.82) is 0 Å². The highest BCUT2D eigenvalue weighted by Gasteiger charge is 2.23. The first kappa shape index (κ1) is 12.7. The van der Waals surface area contributed by atoms with Crippen LogP contribution in [0.3, 0.4) is 0 Å². The third-order valence-corrected chi connectivity index (χ3v) is 4.76. The summed E-state index contributed by atoms with van der Waals surface area (Å²) in [7, 11) is 0.631. The van der Waals surface area contributed by atoms with E-state index in [0.29, 0.717) is 9.52 Å². The van der Waals surface area contributed by atoms with Crippen LogP contribution in [0.2, 0.25) is 0 Å². The number of benzene rings is 2. The third-order valence-electron chi connectivity index (χ3n) is 3.34. The van der Waals surface area contributed by atoms with Gasteiger partial charge in [-0.25, -0.2) is 0 Å². The molecule has 2 radical (unpaired) electrons. The minimum absolute atomic E-state index is 0.631. The highest BCUT2D eigenvalue weighted by molar-refractivity contribution is 6.64. The topological polar surface area (TPSA) is 3.24 Å². The van der Waals surface area contributed by atoms with E-state index in [0.717, 1.165) is 11.4 Å². The van der Waals surface area contributed by atoms with E-state index >= 15 is 0 Å². The van der Waals surface area contributed by atoms with E-state index < -0.39 is 0 Å². The summed E-state index contributed by atoms with van der Waals surface area (Å²) in [5, 5.41) is 2.58. The van der Waals surface area contributed by atoms with Gasteiger partial charge in [0, 0.05) is 17.1 Å². The number of para-hydroxylation sites is 2. The Morgan fingerprint density at radius 1 is 0.850 bits per heavy atom. The van der Waals surface area contributed by atoms with Crippen LogP contribution >= 0.6 is 0 Å². The van der Waals surface area contributed by atoms with Gasteiger partial charge in [-0.05, 0) is 34.7 Å². The van der Waals surface area contributed by atoms with Gasteiger partial charge in [0.25, 0.3) is 0 Å². The van der Waals surface area contributed by atoms with Crippen molar-refractivity contribution in [1.82, 2.24) is 0 Å². The molecule has 0 atom stereocenters. The molecule has 20 heavy (non-hydrogen) atoms. The largest absolute Gasteiger partial charge is 0.311 e. The number of hydrogen-bond acceptors (Lipinski definition) is 1. The Labute approximate surface area is 122 Å². The number of hydrogen-bond donors (Lipinski definition) is 0. The molecule has 0 amide bonds. The molecule has 1 heterocycles. The molecule has 0 aliphatic carbocycles. The first-order valence-electron chi connectivity index (χ1n) is 6.55. The Balaban J connectivity index is 2.24. The summed E-state index contributed by atoms with van der Waals surface area (Å²) < 4.78 is 0. The summed E-state index contributed by atoms with van der Waals surface area (Å²) in [5.41, 5.74) is 3.51. The average Bonchev–Trinajstić information content (AvgIpc) is 2.53. The van der Waals surface area contributed by atoms with E-state index in [1.54, 1.807) is 0 Å². The molecule has 0 aromatic heterocycles. The molecule has 0 N–H and O–H groups in total. The summed E-state index contributed by atoms with van der Waals surface area (Å²) in [4.78, 5) is 2.26. The van der Waals surface area contributed by atoms with Crippen molar-refractivity contribution in [2.24, 2.45) is 0 Å². The maximum absolute atomic E-state index is 3.99. The Hall–Kier alpha value is -2.32. The average molecular weight is 273 g/mol. The van der Waals surface area contributed by atoms with Crippen LogP contribution in [0.4, 0.5) is 11.4 Å². The smallest absolute Gasteiger partial charge is 0.127 e. The molecule has 0 saturated carbocycles. The lowest BCUT2D eigenvalue weighted by Gasteiger charge is -2.33. The summed E-state index contributed by atoms with van der Waals surface area (Å²) in [5.74, 6) is 0. The van der Waals surface area contributed by atoms with E-state index in [2.05, 4.69) is 66.6 Å². The molecule has 1 aliphatic heterocycles. The van der Waals surface area contributed by atoms with Crippen LogP contribution in [0.1, 0.15) is 0 Å². The summed E-state index contributed by atoms with van der Waals surface area (Å²) in [6.45, 7) is 7.95. The Morgan fingerprint density at radius 2 is 1.55 bits per heavy atom. The minimum atomic E-state index is 0.631. The molecule has 1 nitrogen and oxygen atoms in total. The molecule has 2 aromatic carbocycles. The fourth-order valence-corrected chi connectivity index (χ4v) is 3.68. The van der Waals surface area contributed by atoms with Gasteiger partial charge >= 0.3 is 0 Å². The highest BCUT2D eigenvalue weighted by atomic mass is 28.2. The fraction of sp³-hybridized carbons (Fsp3) is 0. The molecule has 0 fully saturated rings. The Bertz CT molecular complexity index is 686. The lowest BCUT2D eigenvalue weighted by Crippen LogP contribution is -2.33. The van der Waals surface area contributed by atoms with E-state index in [1.807, 2.05) is 18.2 Å². The van der Waals surface area contributed by atoms with Gasteiger partial charge in [0.15, 0.2) is 0 Å². The van der Waals surface area contributed by atoms with Crippen molar-refractivity contribution in [3.05, 3.63) is 90.8 Å². The van der Waals surface area contributed by atoms with Crippen LogP contribution in [0, 0.1) is 0 Å². The van der Waals surface area contributed by atoms with Crippen molar-refractivity contribution in [2.45, 2.75) is 0 Å². The van der Waals surface area contributed by atoms with E-state index in [1.165, 1.54) is 16.1 Å². The van der Waals surface area contributed by atoms with Gasteiger partial charge < -0.3 is 4.90 Å². The molecule has 2 heteroatoms. The van der Waals surface area contributed by atoms with Crippen LogP contribution in [0.5, 0.6) is 0 Å². The predicted octanol–water partition coefficient (Wildman–Crippen LogP) is 3.75.